The quantitative estimate of drug-likeness (QED) is 0.438. The van der Waals surface area contributed by atoms with E-state index in [1.165, 1.54) is 0 Å². The summed E-state index contributed by atoms with van der Waals surface area (Å²) in [5.74, 6) is 0. The minimum absolute atomic E-state index is 0.335. The zero-order valence-electron chi connectivity index (χ0n) is 5.00. The maximum Gasteiger partial charge on any atom is 0.412 e. The summed E-state index contributed by atoms with van der Waals surface area (Å²) in [7, 11) is 0. The second kappa shape index (κ2) is 3.05. The van der Waals surface area contributed by atoms with Gasteiger partial charge in [-0.25, -0.2) is 0 Å². The van der Waals surface area contributed by atoms with Gasteiger partial charge in [-0.3, -0.25) is 4.79 Å². The molecule has 0 fully saturated rings. The fourth-order valence-electron chi connectivity index (χ4n) is 0.252. The molecule has 0 unspecified atom stereocenters. The van der Waals surface area contributed by atoms with Crippen LogP contribution in [0.1, 0.15) is 6.92 Å². The van der Waals surface area contributed by atoms with E-state index in [0.29, 0.717) is 6.08 Å². The van der Waals surface area contributed by atoms with E-state index in [4.69, 9.17) is 0 Å². The molecule has 0 atom stereocenters. The first kappa shape index (κ1) is 9.49. The fraction of sp³-hybridized carbons (Fsp3) is 0.400. The molecular weight excluding hydrogens is 169 g/mol. The monoisotopic (exact) mass is 172 g/mol. The molecule has 0 spiro atoms. The Morgan fingerprint density at radius 2 is 1.90 bits per heavy atom. The summed E-state index contributed by atoms with van der Waals surface area (Å²) >= 11 is 4.66. The van der Waals surface area contributed by atoms with Gasteiger partial charge in [0.1, 0.15) is 0 Å². The van der Waals surface area contributed by atoms with Crippen LogP contribution in [0.15, 0.2) is 11.6 Å². The molecule has 0 radical (unpaired) electrons. The summed E-state index contributed by atoms with van der Waals surface area (Å²) in [6.45, 7) is 0.778. The topological polar surface area (TPSA) is 17.1 Å². The normalized spacial score (nSPS) is 13.5. The molecule has 10 heavy (non-hydrogen) atoms. The van der Waals surface area contributed by atoms with E-state index in [2.05, 4.69) is 11.6 Å². The van der Waals surface area contributed by atoms with Gasteiger partial charge in [0.2, 0.25) is 5.24 Å². The second-order valence-corrected chi connectivity index (χ2v) is 2.00. The first-order chi connectivity index (χ1) is 4.34. The predicted octanol–water partition coefficient (Wildman–Crippen LogP) is 2.26. The Kier molecular flexibility index (Phi) is 2.90. The molecule has 0 N–H and O–H groups in total. The van der Waals surface area contributed by atoms with Crippen molar-refractivity contribution in [2.24, 2.45) is 0 Å². The van der Waals surface area contributed by atoms with E-state index in [-0.39, 0.29) is 0 Å². The number of halogens is 4. The van der Waals surface area contributed by atoms with Crippen molar-refractivity contribution in [3.05, 3.63) is 11.6 Å². The van der Waals surface area contributed by atoms with Crippen LogP contribution in [0.2, 0.25) is 0 Å². The molecule has 1 nitrogen and oxygen atoms in total. The van der Waals surface area contributed by atoms with Gasteiger partial charge < -0.3 is 0 Å². The van der Waals surface area contributed by atoms with Gasteiger partial charge in [0, 0.05) is 11.6 Å². The highest BCUT2D eigenvalue weighted by atomic mass is 35.5. The molecule has 0 aromatic carbocycles. The molecular formula is C5H4ClF3O. The smallest absolute Gasteiger partial charge is 0.276 e. The van der Waals surface area contributed by atoms with Gasteiger partial charge in [-0.05, 0) is 18.5 Å². The Hall–Kier alpha value is -0.510. The fourth-order valence-corrected chi connectivity index (χ4v) is 0.416. The molecule has 0 aliphatic rings. The van der Waals surface area contributed by atoms with Gasteiger partial charge in [-0.15, -0.1) is 0 Å². The number of carbonyl (C=O) groups is 1. The van der Waals surface area contributed by atoms with Crippen LogP contribution in [0.3, 0.4) is 0 Å². The second-order valence-electron chi connectivity index (χ2n) is 1.63. The number of hydrogen-bond acceptors (Lipinski definition) is 1. The molecule has 0 amide bonds. The zero-order valence-corrected chi connectivity index (χ0v) is 5.75. The Morgan fingerprint density at radius 3 is 2.00 bits per heavy atom. The molecule has 0 rings (SSSR count). The third-order valence-electron chi connectivity index (χ3n) is 0.777. The van der Waals surface area contributed by atoms with Crippen LogP contribution in [-0.2, 0) is 4.79 Å². The third kappa shape index (κ3) is 3.50. The molecule has 5 heteroatoms. The van der Waals surface area contributed by atoms with Crippen molar-refractivity contribution in [2.75, 3.05) is 0 Å². The van der Waals surface area contributed by atoms with E-state index in [1.54, 1.807) is 0 Å². The summed E-state index contributed by atoms with van der Waals surface area (Å²) < 4.78 is 34.6. The summed E-state index contributed by atoms with van der Waals surface area (Å²) in [6.07, 6.45) is -4.12. The number of hydrogen-bond donors (Lipinski definition) is 0. The average Bonchev–Trinajstić information content (AvgIpc) is 1.60. The lowest BCUT2D eigenvalue weighted by atomic mass is 10.3. The van der Waals surface area contributed by atoms with E-state index in [0.717, 1.165) is 6.92 Å². The summed E-state index contributed by atoms with van der Waals surface area (Å²) in [5.41, 5.74) is -0.993. The first-order valence-electron chi connectivity index (χ1n) is 2.29. The number of alkyl halides is 3. The van der Waals surface area contributed by atoms with Gasteiger partial charge in [-0.1, -0.05) is 0 Å². The largest absolute Gasteiger partial charge is 0.412 e. The SMILES string of the molecule is C/C(=C/C(=O)Cl)C(F)(F)F. The van der Waals surface area contributed by atoms with Crippen LogP contribution >= 0.6 is 11.6 Å². The minimum Gasteiger partial charge on any atom is -0.276 e. The molecule has 0 heterocycles. The Morgan fingerprint density at radius 1 is 1.50 bits per heavy atom. The maximum absolute atomic E-state index is 11.5. The number of rotatable bonds is 1. The van der Waals surface area contributed by atoms with Crippen LogP contribution in [0, 0.1) is 0 Å². The van der Waals surface area contributed by atoms with Crippen LogP contribution in [0.5, 0.6) is 0 Å². The molecule has 0 aromatic rings. The third-order valence-corrected chi connectivity index (χ3v) is 0.886. The van der Waals surface area contributed by atoms with E-state index < -0.39 is 17.0 Å². The Labute approximate surface area is 60.5 Å². The maximum atomic E-state index is 11.5. The summed E-state index contributed by atoms with van der Waals surface area (Å²) in [6, 6.07) is 0. The lowest BCUT2D eigenvalue weighted by molar-refractivity contribution is -0.109. The molecule has 0 aliphatic carbocycles. The summed E-state index contributed by atoms with van der Waals surface area (Å²) in [5, 5.41) is -1.12. The highest BCUT2D eigenvalue weighted by Crippen LogP contribution is 2.24. The lowest BCUT2D eigenvalue weighted by Crippen LogP contribution is -2.09. The minimum atomic E-state index is -4.45. The molecule has 0 aliphatic heterocycles. The van der Waals surface area contributed by atoms with Gasteiger partial charge in [-0.2, -0.15) is 13.2 Å². The summed E-state index contributed by atoms with van der Waals surface area (Å²) in [4.78, 5) is 9.89. The van der Waals surface area contributed by atoms with Crippen molar-refractivity contribution in [1.82, 2.24) is 0 Å². The van der Waals surface area contributed by atoms with Crippen molar-refractivity contribution >= 4 is 16.8 Å². The molecule has 0 saturated heterocycles. The van der Waals surface area contributed by atoms with E-state index in [9.17, 15) is 18.0 Å². The Bertz CT molecular complexity index is 170. The van der Waals surface area contributed by atoms with Gasteiger partial charge in [0.05, 0.1) is 0 Å². The van der Waals surface area contributed by atoms with Crippen molar-refractivity contribution in [3.8, 4) is 0 Å². The zero-order chi connectivity index (χ0) is 8.36. The highest BCUT2D eigenvalue weighted by molar-refractivity contribution is 6.66. The van der Waals surface area contributed by atoms with Crippen LogP contribution in [-0.4, -0.2) is 11.4 Å². The lowest BCUT2D eigenvalue weighted by Gasteiger charge is -2.03. The highest BCUT2D eigenvalue weighted by Gasteiger charge is 2.30. The average molecular weight is 173 g/mol. The van der Waals surface area contributed by atoms with Gasteiger partial charge >= 0.3 is 6.18 Å². The number of allylic oxidation sites excluding steroid dienone is 2. The Balaban J connectivity index is 4.35. The van der Waals surface area contributed by atoms with Crippen LogP contribution in [0.4, 0.5) is 13.2 Å². The molecule has 0 bridgehead atoms. The van der Waals surface area contributed by atoms with Crippen LogP contribution < -0.4 is 0 Å². The molecule has 0 saturated carbocycles. The first-order valence-corrected chi connectivity index (χ1v) is 2.67. The number of carbonyl (C=O) groups excluding carboxylic acids is 1. The molecule has 0 aromatic heterocycles. The van der Waals surface area contributed by atoms with Gasteiger partial charge in [0.25, 0.3) is 0 Å². The van der Waals surface area contributed by atoms with E-state index in [1.807, 2.05) is 0 Å². The van der Waals surface area contributed by atoms with Crippen molar-refractivity contribution in [1.29, 1.82) is 0 Å². The van der Waals surface area contributed by atoms with Crippen molar-refractivity contribution in [3.63, 3.8) is 0 Å². The van der Waals surface area contributed by atoms with Crippen LogP contribution in [0.25, 0.3) is 0 Å². The van der Waals surface area contributed by atoms with E-state index >= 15 is 0 Å². The van der Waals surface area contributed by atoms with Crippen molar-refractivity contribution < 1.29 is 18.0 Å². The molecule has 58 valence electrons. The predicted molar refractivity (Wildman–Crippen MR) is 30.7 cm³/mol. The standard InChI is InChI=1S/C5H4ClF3O/c1-3(2-4(6)10)5(7,8)9/h2H,1H3/b3-2-. The van der Waals surface area contributed by atoms with Crippen molar-refractivity contribution in [2.45, 2.75) is 13.1 Å². The van der Waals surface area contributed by atoms with Gasteiger partial charge in [0.15, 0.2) is 0 Å².